The summed E-state index contributed by atoms with van der Waals surface area (Å²) in [6.07, 6.45) is 4.00. The van der Waals surface area contributed by atoms with Crippen molar-refractivity contribution < 1.29 is 4.74 Å². The largest absolute Gasteiger partial charge is 0.437 e. The third-order valence-electron chi connectivity index (χ3n) is 2.79. The molecule has 0 aliphatic rings. The highest BCUT2D eigenvalue weighted by Crippen LogP contribution is 2.28. The van der Waals surface area contributed by atoms with Gasteiger partial charge in [0.05, 0.1) is 0 Å². The molecule has 2 aromatic heterocycles. The minimum Gasteiger partial charge on any atom is -0.437 e. The van der Waals surface area contributed by atoms with Crippen LogP contribution in [0.2, 0.25) is 0 Å². The Bertz CT molecular complexity index is 688. The molecule has 98 valence electrons. The summed E-state index contributed by atoms with van der Waals surface area (Å²) in [6, 6.07) is 7.94. The molecule has 0 spiro atoms. The van der Waals surface area contributed by atoms with Crippen molar-refractivity contribution in [1.29, 1.82) is 0 Å². The van der Waals surface area contributed by atoms with Crippen LogP contribution in [0.15, 0.2) is 40.7 Å². The van der Waals surface area contributed by atoms with E-state index in [4.69, 9.17) is 10.5 Å². The van der Waals surface area contributed by atoms with Crippen LogP contribution >= 0.6 is 23.1 Å². The highest BCUT2D eigenvalue weighted by molar-refractivity contribution is 7.98. The Morgan fingerprint density at radius 2 is 2.16 bits per heavy atom. The van der Waals surface area contributed by atoms with E-state index in [1.54, 1.807) is 23.1 Å². The third kappa shape index (κ3) is 2.34. The lowest BCUT2D eigenvalue weighted by molar-refractivity contribution is 0.459. The van der Waals surface area contributed by atoms with Crippen molar-refractivity contribution in [2.45, 2.75) is 11.4 Å². The maximum atomic E-state index is 5.83. The first kappa shape index (κ1) is 12.5. The van der Waals surface area contributed by atoms with Crippen molar-refractivity contribution >= 4 is 28.1 Å². The van der Waals surface area contributed by atoms with Crippen molar-refractivity contribution in [2.75, 3.05) is 6.26 Å². The summed E-state index contributed by atoms with van der Waals surface area (Å²) >= 11 is 3.27. The number of fused-ring (bicyclic) bond motifs is 1. The fraction of sp³-hybridized carbons (Fsp3) is 0.154. The quantitative estimate of drug-likeness (QED) is 0.749. The molecule has 0 amide bonds. The summed E-state index contributed by atoms with van der Waals surface area (Å²) in [5.41, 5.74) is 6.67. The molecule has 2 N–H and O–H groups in total. The van der Waals surface area contributed by atoms with Crippen molar-refractivity contribution in [2.24, 2.45) is 5.73 Å². The van der Waals surface area contributed by atoms with E-state index in [1.165, 1.54) is 4.90 Å². The van der Waals surface area contributed by atoms with Gasteiger partial charge in [0, 0.05) is 23.0 Å². The molecule has 0 aliphatic heterocycles. The van der Waals surface area contributed by atoms with E-state index in [1.807, 2.05) is 46.5 Å². The number of imidazole rings is 1. The summed E-state index contributed by atoms with van der Waals surface area (Å²) in [7, 11) is 0. The van der Waals surface area contributed by atoms with Gasteiger partial charge in [0.15, 0.2) is 4.96 Å². The van der Waals surface area contributed by atoms with E-state index < -0.39 is 0 Å². The lowest BCUT2D eigenvalue weighted by Crippen LogP contribution is -2.01. The molecule has 6 heteroatoms. The average Bonchev–Trinajstić information content (AvgIpc) is 3.00. The molecule has 19 heavy (non-hydrogen) atoms. The fourth-order valence-corrected chi connectivity index (χ4v) is 2.97. The number of rotatable bonds is 4. The third-order valence-corrected chi connectivity index (χ3v) is 4.29. The zero-order chi connectivity index (χ0) is 13.2. The lowest BCUT2D eigenvalue weighted by Gasteiger charge is -2.05. The lowest BCUT2D eigenvalue weighted by atomic mass is 10.3. The summed E-state index contributed by atoms with van der Waals surface area (Å²) in [5.74, 6) is 1.37. The van der Waals surface area contributed by atoms with Gasteiger partial charge in [-0.2, -0.15) is 4.98 Å². The highest BCUT2D eigenvalue weighted by Gasteiger charge is 2.13. The van der Waals surface area contributed by atoms with Gasteiger partial charge in [0.1, 0.15) is 11.4 Å². The molecule has 0 saturated heterocycles. The SMILES string of the molecule is CSc1ccc(Oc2nc3sccn3c2CN)cc1. The molecular formula is C13H13N3OS2. The maximum absolute atomic E-state index is 5.83. The molecule has 3 rings (SSSR count). The van der Waals surface area contributed by atoms with Crippen LogP contribution in [0.4, 0.5) is 0 Å². The van der Waals surface area contributed by atoms with Gasteiger partial charge in [0.25, 0.3) is 0 Å². The minimum atomic E-state index is 0.399. The molecule has 3 aromatic rings. The number of nitrogens with zero attached hydrogens (tertiary/aromatic N) is 2. The van der Waals surface area contributed by atoms with Gasteiger partial charge in [0.2, 0.25) is 5.88 Å². The molecule has 4 nitrogen and oxygen atoms in total. The number of hydrogen-bond acceptors (Lipinski definition) is 5. The van der Waals surface area contributed by atoms with Gasteiger partial charge in [-0.1, -0.05) is 0 Å². The van der Waals surface area contributed by atoms with E-state index in [0.717, 1.165) is 16.4 Å². The monoisotopic (exact) mass is 291 g/mol. The van der Waals surface area contributed by atoms with Crippen LogP contribution in [0.1, 0.15) is 5.69 Å². The van der Waals surface area contributed by atoms with E-state index in [2.05, 4.69) is 4.98 Å². The van der Waals surface area contributed by atoms with Crippen LogP contribution in [0.3, 0.4) is 0 Å². The first-order valence-electron chi connectivity index (χ1n) is 5.78. The second-order valence-electron chi connectivity index (χ2n) is 3.90. The smallest absolute Gasteiger partial charge is 0.243 e. The maximum Gasteiger partial charge on any atom is 0.243 e. The summed E-state index contributed by atoms with van der Waals surface area (Å²) in [6.45, 7) is 0.399. The standard InChI is InChI=1S/C13H13N3OS2/c1-18-10-4-2-9(3-5-10)17-12-11(8-14)16-6-7-19-13(16)15-12/h2-7H,8,14H2,1H3. The first-order chi connectivity index (χ1) is 9.31. The van der Waals surface area contributed by atoms with Gasteiger partial charge >= 0.3 is 0 Å². The van der Waals surface area contributed by atoms with E-state index in [0.29, 0.717) is 12.4 Å². The molecule has 0 bridgehead atoms. The number of benzene rings is 1. The summed E-state index contributed by atoms with van der Waals surface area (Å²) in [5, 5.41) is 1.98. The normalized spacial score (nSPS) is 11.1. The Kier molecular flexibility index (Phi) is 3.46. The number of hydrogen-bond donors (Lipinski definition) is 1. The van der Waals surface area contributed by atoms with E-state index >= 15 is 0 Å². The van der Waals surface area contributed by atoms with Gasteiger partial charge in [-0.25, -0.2) is 0 Å². The number of aromatic nitrogens is 2. The predicted molar refractivity (Wildman–Crippen MR) is 79.3 cm³/mol. The van der Waals surface area contributed by atoms with Crippen molar-refractivity contribution in [3.05, 3.63) is 41.5 Å². The predicted octanol–water partition coefficient (Wildman–Crippen LogP) is 3.37. The Balaban J connectivity index is 1.93. The van der Waals surface area contributed by atoms with Crippen LogP contribution < -0.4 is 10.5 Å². The van der Waals surface area contributed by atoms with Crippen molar-refractivity contribution in [3.8, 4) is 11.6 Å². The number of ether oxygens (including phenoxy) is 1. The minimum absolute atomic E-state index is 0.399. The Hall–Kier alpha value is -1.50. The zero-order valence-corrected chi connectivity index (χ0v) is 12.0. The summed E-state index contributed by atoms with van der Waals surface area (Å²) in [4.78, 5) is 6.56. The number of thiazole rings is 1. The Morgan fingerprint density at radius 1 is 1.37 bits per heavy atom. The topological polar surface area (TPSA) is 52.5 Å². The van der Waals surface area contributed by atoms with Gasteiger partial charge in [-0.3, -0.25) is 4.40 Å². The second-order valence-corrected chi connectivity index (χ2v) is 5.65. The molecule has 0 atom stereocenters. The molecule has 2 heterocycles. The molecule has 0 fully saturated rings. The molecule has 0 aliphatic carbocycles. The summed E-state index contributed by atoms with van der Waals surface area (Å²) < 4.78 is 7.80. The average molecular weight is 291 g/mol. The molecule has 0 saturated carbocycles. The number of thioether (sulfide) groups is 1. The molecular weight excluding hydrogens is 278 g/mol. The van der Waals surface area contributed by atoms with Crippen LogP contribution in [0, 0.1) is 0 Å². The van der Waals surface area contributed by atoms with Gasteiger partial charge in [-0.05, 0) is 30.5 Å². The van der Waals surface area contributed by atoms with Crippen LogP contribution in [0.5, 0.6) is 11.6 Å². The highest BCUT2D eigenvalue weighted by atomic mass is 32.2. The Labute approximate surface area is 119 Å². The fourth-order valence-electron chi connectivity index (χ4n) is 1.84. The first-order valence-corrected chi connectivity index (χ1v) is 7.88. The Morgan fingerprint density at radius 3 is 2.84 bits per heavy atom. The second kappa shape index (κ2) is 5.24. The van der Waals surface area contributed by atoms with Gasteiger partial charge < -0.3 is 10.5 Å². The van der Waals surface area contributed by atoms with Crippen LogP contribution in [0.25, 0.3) is 4.96 Å². The van der Waals surface area contributed by atoms with Crippen LogP contribution in [-0.4, -0.2) is 15.6 Å². The van der Waals surface area contributed by atoms with Crippen molar-refractivity contribution in [3.63, 3.8) is 0 Å². The van der Waals surface area contributed by atoms with Gasteiger partial charge in [-0.15, -0.1) is 23.1 Å². The molecule has 0 unspecified atom stereocenters. The number of nitrogens with two attached hydrogens (primary N) is 1. The molecule has 0 radical (unpaired) electrons. The van der Waals surface area contributed by atoms with E-state index in [9.17, 15) is 0 Å². The molecule has 1 aromatic carbocycles. The van der Waals surface area contributed by atoms with E-state index in [-0.39, 0.29) is 0 Å². The van der Waals surface area contributed by atoms with Crippen molar-refractivity contribution in [1.82, 2.24) is 9.38 Å². The van der Waals surface area contributed by atoms with Crippen LogP contribution in [-0.2, 0) is 6.54 Å². The zero-order valence-electron chi connectivity index (χ0n) is 10.4.